The Morgan fingerprint density at radius 2 is 1.59 bits per heavy atom. The minimum Gasteiger partial charge on any atom is -0.289 e. The monoisotopic (exact) mass is 448 g/mol. The Morgan fingerprint density at radius 3 is 2.25 bits per heavy atom. The number of hydrogen-bond acceptors (Lipinski definition) is 7. The third kappa shape index (κ3) is 3.96. The highest BCUT2D eigenvalue weighted by Gasteiger charge is 2.31. The zero-order valence-electron chi connectivity index (χ0n) is 16.2. The minimum absolute atomic E-state index is 0.0456. The molecule has 32 heavy (non-hydrogen) atoms. The molecule has 1 aliphatic carbocycles. The van der Waals surface area contributed by atoms with E-state index in [0.717, 1.165) is 17.7 Å². The van der Waals surface area contributed by atoms with Gasteiger partial charge in [0, 0.05) is 22.2 Å². The number of benzene rings is 3. The molecule has 3 aromatic rings. The molecular weight excluding hydrogens is 436 g/mol. The van der Waals surface area contributed by atoms with E-state index in [9.17, 15) is 25.0 Å². The number of rotatable bonds is 5. The molecule has 0 spiro atoms. The van der Waals surface area contributed by atoms with Gasteiger partial charge in [0.05, 0.1) is 21.5 Å². The number of non-ortho nitro benzene ring substituents is 1. The number of carbonyl (C=O) groups excluding carboxylic acids is 1. The average Bonchev–Trinajstić information content (AvgIpc) is 3.04. The first-order valence-corrected chi connectivity index (χ1v) is 9.61. The lowest BCUT2D eigenvalue weighted by Crippen LogP contribution is -2.06. The first kappa shape index (κ1) is 20.9. The van der Waals surface area contributed by atoms with Crippen molar-refractivity contribution in [1.29, 1.82) is 0 Å². The van der Waals surface area contributed by atoms with Crippen LogP contribution in [0.3, 0.4) is 0 Å². The summed E-state index contributed by atoms with van der Waals surface area (Å²) in [5, 5.41) is 27.2. The molecule has 0 amide bonds. The molecule has 0 saturated heterocycles. The Labute approximate surface area is 185 Å². The number of hydrogen-bond donors (Lipinski definition) is 1. The van der Waals surface area contributed by atoms with Crippen LogP contribution < -0.4 is 5.43 Å². The Kier molecular flexibility index (Phi) is 5.48. The smallest absolute Gasteiger partial charge is 0.289 e. The number of hydrazone groups is 1. The maximum Gasteiger partial charge on any atom is 0.301 e. The van der Waals surface area contributed by atoms with Crippen molar-refractivity contribution in [3.8, 4) is 0 Å². The largest absolute Gasteiger partial charge is 0.301 e. The number of Topliss-reactive ketones (excluding diaryl/α,β-unsaturated/α-hetero) is 1. The van der Waals surface area contributed by atoms with E-state index in [1.165, 1.54) is 6.07 Å². The van der Waals surface area contributed by atoms with E-state index in [2.05, 4.69) is 10.5 Å². The first-order valence-electron chi connectivity index (χ1n) is 9.23. The van der Waals surface area contributed by atoms with E-state index in [1.807, 2.05) is 0 Å². The summed E-state index contributed by atoms with van der Waals surface area (Å²) in [6.07, 6.45) is 1.66. The second-order valence-electron chi connectivity index (χ2n) is 6.77. The van der Waals surface area contributed by atoms with Crippen molar-refractivity contribution < 1.29 is 14.6 Å². The lowest BCUT2D eigenvalue weighted by molar-refractivity contribution is -0.393. The molecule has 0 radical (unpaired) electrons. The van der Waals surface area contributed by atoms with Gasteiger partial charge in [-0.2, -0.15) is 5.10 Å². The lowest BCUT2D eigenvalue weighted by Gasteiger charge is -2.05. The van der Waals surface area contributed by atoms with E-state index in [1.54, 1.807) is 54.6 Å². The van der Waals surface area contributed by atoms with Crippen LogP contribution in [-0.4, -0.2) is 21.3 Å². The maximum absolute atomic E-state index is 13.0. The van der Waals surface area contributed by atoms with Crippen LogP contribution in [0, 0.1) is 20.2 Å². The zero-order valence-corrected chi connectivity index (χ0v) is 16.9. The number of nitro groups is 2. The molecule has 0 aromatic heterocycles. The van der Waals surface area contributed by atoms with Gasteiger partial charge in [-0.25, -0.2) is 0 Å². The van der Waals surface area contributed by atoms with Crippen molar-refractivity contribution in [3.63, 3.8) is 0 Å². The van der Waals surface area contributed by atoms with Gasteiger partial charge in [-0.05, 0) is 29.8 Å². The van der Waals surface area contributed by atoms with Crippen LogP contribution in [0.1, 0.15) is 21.5 Å². The van der Waals surface area contributed by atoms with Crippen molar-refractivity contribution in [3.05, 3.63) is 114 Å². The Bertz CT molecular complexity index is 1330. The molecule has 1 aliphatic rings. The quantitative estimate of drug-likeness (QED) is 0.322. The first-order chi connectivity index (χ1) is 15.3. The van der Waals surface area contributed by atoms with Crippen LogP contribution in [-0.2, 0) is 0 Å². The van der Waals surface area contributed by atoms with Crippen LogP contribution >= 0.6 is 11.6 Å². The molecule has 158 valence electrons. The highest BCUT2D eigenvalue weighted by molar-refractivity contribution is 6.43. The summed E-state index contributed by atoms with van der Waals surface area (Å²) in [7, 11) is 0. The second-order valence-corrected chi connectivity index (χ2v) is 7.21. The summed E-state index contributed by atoms with van der Waals surface area (Å²) in [4.78, 5) is 33.9. The molecule has 10 heteroatoms. The predicted molar refractivity (Wildman–Crippen MR) is 120 cm³/mol. The van der Waals surface area contributed by atoms with E-state index in [0.29, 0.717) is 27.4 Å². The van der Waals surface area contributed by atoms with E-state index in [4.69, 9.17) is 11.6 Å². The van der Waals surface area contributed by atoms with Gasteiger partial charge in [-0.15, -0.1) is 0 Å². The predicted octanol–water partition coefficient (Wildman–Crippen LogP) is 5.25. The molecule has 0 aliphatic heterocycles. The normalized spacial score (nSPS) is 15.1. The minimum atomic E-state index is -0.742. The molecule has 0 saturated carbocycles. The number of carbonyl (C=O) groups is 1. The maximum atomic E-state index is 13.0. The Balaban J connectivity index is 1.79. The van der Waals surface area contributed by atoms with Gasteiger partial charge in [0.2, 0.25) is 0 Å². The summed E-state index contributed by atoms with van der Waals surface area (Å²) < 4.78 is 0. The molecule has 4 rings (SSSR count). The van der Waals surface area contributed by atoms with Crippen molar-refractivity contribution in [2.24, 2.45) is 5.10 Å². The highest BCUT2D eigenvalue weighted by Crippen LogP contribution is 2.32. The average molecular weight is 449 g/mol. The zero-order chi connectivity index (χ0) is 22.8. The SMILES string of the molecule is O=C1C(=C/c2ccc(Cl)cc2)/C(=N\Nc2ccc([N+](=O)[O-])cc2[N+](=O)[O-])c2ccccc21. The number of nitrogens with zero attached hydrogens (tertiary/aromatic N) is 3. The summed E-state index contributed by atoms with van der Waals surface area (Å²) in [6.45, 7) is 0. The fourth-order valence-electron chi connectivity index (χ4n) is 3.26. The van der Waals surface area contributed by atoms with Gasteiger partial charge in [-0.3, -0.25) is 30.4 Å². The molecule has 0 heterocycles. The van der Waals surface area contributed by atoms with E-state index < -0.39 is 21.2 Å². The number of allylic oxidation sites excluding steroid dienone is 1. The lowest BCUT2D eigenvalue weighted by atomic mass is 10.1. The van der Waals surface area contributed by atoms with Crippen molar-refractivity contribution >= 4 is 46.2 Å². The summed E-state index contributed by atoms with van der Waals surface area (Å²) in [6, 6.07) is 16.9. The summed E-state index contributed by atoms with van der Waals surface area (Å²) >= 11 is 5.93. The van der Waals surface area contributed by atoms with Gasteiger partial charge in [0.15, 0.2) is 5.78 Å². The Hall–Kier alpha value is -4.37. The van der Waals surface area contributed by atoms with E-state index in [-0.39, 0.29) is 11.5 Å². The third-order valence-electron chi connectivity index (χ3n) is 4.78. The number of nitrogens with one attached hydrogen (secondary N) is 1. The highest BCUT2D eigenvalue weighted by atomic mass is 35.5. The van der Waals surface area contributed by atoms with Crippen LogP contribution in [0.2, 0.25) is 5.02 Å². The van der Waals surface area contributed by atoms with Crippen LogP contribution in [0.5, 0.6) is 0 Å². The molecule has 3 aromatic carbocycles. The second kappa shape index (κ2) is 8.40. The summed E-state index contributed by atoms with van der Waals surface area (Å²) in [5.41, 5.74) is 3.96. The Morgan fingerprint density at radius 1 is 0.906 bits per heavy atom. The van der Waals surface area contributed by atoms with Gasteiger partial charge in [0.25, 0.3) is 5.69 Å². The van der Waals surface area contributed by atoms with Crippen LogP contribution in [0.25, 0.3) is 6.08 Å². The van der Waals surface area contributed by atoms with Crippen molar-refractivity contribution in [2.75, 3.05) is 5.43 Å². The van der Waals surface area contributed by atoms with Crippen LogP contribution in [0.15, 0.2) is 77.4 Å². The standard InChI is InChI=1S/C22H13ClN4O5/c23-14-7-5-13(6-8-14)11-18-21(16-3-1-2-4-17(16)22(18)28)25-24-19-10-9-15(26(29)30)12-20(19)27(31)32/h1-12,24H/b18-11+,25-21-. The number of fused-ring (bicyclic) bond motifs is 1. The molecule has 9 nitrogen and oxygen atoms in total. The summed E-state index contributed by atoms with van der Waals surface area (Å²) in [5.74, 6) is -0.241. The molecule has 0 bridgehead atoms. The number of ketones is 1. The number of anilines is 1. The number of nitro benzene ring substituents is 2. The van der Waals surface area contributed by atoms with E-state index >= 15 is 0 Å². The molecule has 0 unspecified atom stereocenters. The molecular formula is C22H13ClN4O5. The molecule has 0 fully saturated rings. The van der Waals surface area contributed by atoms with Gasteiger partial charge >= 0.3 is 5.69 Å². The number of halogens is 1. The third-order valence-corrected chi connectivity index (χ3v) is 5.04. The van der Waals surface area contributed by atoms with Gasteiger partial charge in [-0.1, -0.05) is 48.0 Å². The van der Waals surface area contributed by atoms with Gasteiger partial charge < -0.3 is 0 Å². The fourth-order valence-corrected chi connectivity index (χ4v) is 3.39. The van der Waals surface area contributed by atoms with Crippen molar-refractivity contribution in [2.45, 2.75) is 0 Å². The van der Waals surface area contributed by atoms with Crippen molar-refractivity contribution in [1.82, 2.24) is 0 Å². The molecule has 0 atom stereocenters. The topological polar surface area (TPSA) is 128 Å². The fraction of sp³-hybridized carbons (Fsp3) is 0. The van der Waals surface area contributed by atoms with Crippen LogP contribution in [0.4, 0.5) is 17.1 Å². The van der Waals surface area contributed by atoms with Gasteiger partial charge in [0.1, 0.15) is 11.4 Å². The molecule has 1 N–H and O–H groups in total.